The van der Waals surface area contributed by atoms with Crippen LogP contribution in [0.2, 0.25) is 0 Å². The number of benzene rings is 2. The number of carboxylic acid groups (broad SMARTS) is 1. The van der Waals surface area contributed by atoms with Gasteiger partial charge in [0.05, 0.1) is 6.54 Å². The highest BCUT2D eigenvalue weighted by Gasteiger charge is 2.17. The fourth-order valence-corrected chi connectivity index (χ4v) is 2.59. The molecule has 0 saturated carbocycles. The van der Waals surface area contributed by atoms with Crippen LogP contribution in [0.15, 0.2) is 54.6 Å². The van der Waals surface area contributed by atoms with Crippen LogP contribution in [0.5, 0.6) is 0 Å². The Morgan fingerprint density at radius 2 is 1.63 bits per heavy atom. The smallest absolute Gasteiger partial charge is 0.323 e. The van der Waals surface area contributed by atoms with Crippen LogP contribution in [0.4, 0.5) is 0 Å². The number of carbonyl (C=O) groups is 3. The van der Waals surface area contributed by atoms with Gasteiger partial charge in [-0.15, -0.1) is 0 Å². The molecule has 6 nitrogen and oxygen atoms in total. The number of nitrogens with zero attached hydrogens (tertiary/aromatic N) is 1. The minimum Gasteiger partial charge on any atom is -0.480 e. The van der Waals surface area contributed by atoms with Crippen LogP contribution in [0.25, 0.3) is 0 Å². The molecule has 0 unspecified atom stereocenters. The number of rotatable bonds is 9. The molecule has 0 radical (unpaired) electrons. The Morgan fingerprint density at radius 1 is 0.963 bits per heavy atom. The van der Waals surface area contributed by atoms with Gasteiger partial charge in [0.2, 0.25) is 11.8 Å². The van der Waals surface area contributed by atoms with Gasteiger partial charge in [-0.3, -0.25) is 14.4 Å². The van der Waals surface area contributed by atoms with Crippen molar-refractivity contribution in [1.29, 1.82) is 0 Å². The molecule has 0 saturated heterocycles. The molecule has 0 aliphatic rings. The fourth-order valence-electron chi connectivity index (χ4n) is 2.59. The molecule has 0 aliphatic carbocycles. The summed E-state index contributed by atoms with van der Waals surface area (Å²) >= 11 is 0. The van der Waals surface area contributed by atoms with Gasteiger partial charge in [-0.25, -0.2) is 0 Å². The van der Waals surface area contributed by atoms with Gasteiger partial charge in [0.15, 0.2) is 0 Å². The summed E-state index contributed by atoms with van der Waals surface area (Å²) < 4.78 is 0. The van der Waals surface area contributed by atoms with Crippen molar-refractivity contribution >= 4 is 17.8 Å². The predicted octanol–water partition coefficient (Wildman–Crippen LogP) is 2.16. The Bertz CT molecular complexity index is 773. The first-order valence-corrected chi connectivity index (χ1v) is 8.80. The molecule has 2 aromatic rings. The van der Waals surface area contributed by atoms with Gasteiger partial charge >= 0.3 is 5.97 Å². The number of hydrogen-bond donors (Lipinski definition) is 2. The van der Waals surface area contributed by atoms with Crippen molar-refractivity contribution < 1.29 is 19.5 Å². The molecule has 2 rings (SSSR count). The lowest BCUT2D eigenvalue weighted by atomic mass is 10.1. The lowest BCUT2D eigenvalue weighted by Gasteiger charge is -2.21. The van der Waals surface area contributed by atoms with Crippen molar-refractivity contribution in [2.75, 3.05) is 13.1 Å². The Labute approximate surface area is 158 Å². The molecule has 0 bridgehead atoms. The van der Waals surface area contributed by atoms with E-state index in [-0.39, 0.29) is 25.4 Å². The minimum atomic E-state index is -1.09. The molecule has 2 amide bonds. The van der Waals surface area contributed by atoms with Crippen molar-refractivity contribution in [3.63, 3.8) is 0 Å². The van der Waals surface area contributed by atoms with Gasteiger partial charge in [0.1, 0.15) is 6.54 Å². The van der Waals surface area contributed by atoms with Crippen LogP contribution >= 0.6 is 0 Å². The van der Waals surface area contributed by atoms with Gasteiger partial charge in [-0.2, -0.15) is 0 Å². The second kappa shape index (κ2) is 10.1. The quantitative estimate of drug-likeness (QED) is 0.710. The molecule has 142 valence electrons. The minimum absolute atomic E-state index is 0.186. The number of aliphatic carboxylic acids is 1. The highest BCUT2D eigenvalue weighted by Crippen LogP contribution is 2.06. The molecular formula is C21H24N2O4. The summed E-state index contributed by atoms with van der Waals surface area (Å²) in [6.45, 7) is 1.56. The fraction of sp³-hybridized carbons (Fsp3) is 0.286. The van der Waals surface area contributed by atoms with Crippen LogP contribution in [-0.4, -0.2) is 40.9 Å². The van der Waals surface area contributed by atoms with Crippen molar-refractivity contribution in [3.05, 3.63) is 71.3 Å². The summed E-state index contributed by atoms with van der Waals surface area (Å²) in [5.74, 6) is -1.76. The molecule has 2 N–H and O–H groups in total. The summed E-state index contributed by atoms with van der Waals surface area (Å²) in [6, 6.07) is 17.1. The zero-order chi connectivity index (χ0) is 19.6. The number of hydrogen-bond acceptors (Lipinski definition) is 3. The Hall–Kier alpha value is -3.15. The van der Waals surface area contributed by atoms with E-state index in [1.807, 2.05) is 61.5 Å². The molecule has 0 atom stereocenters. The van der Waals surface area contributed by atoms with E-state index in [2.05, 4.69) is 5.32 Å². The predicted molar refractivity (Wildman–Crippen MR) is 102 cm³/mol. The van der Waals surface area contributed by atoms with Gasteiger partial charge < -0.3 is 15.3 Å². The van der Waals surface area contributed by atoms with Crippen LogP contribution in [0.3, 0.4) is 0 Å². The van der Waals surface area contributed by atoms with Crippen molar-refractivity contribution in [1.82, 2.24) is 10.2 Å². The Morgan fingerprint density at radius 3 is 2.26 bits per heavy atom. The summed E-state index contributed by atoms with van der Waals surface area (Å²) in [5.41, 5.74) is 3.04. The van der Waals surface area contributed by atoms with Crippen LogP contribution in [-0.2, 0) is 27.3 Å². The van der Waals surface area contributed by atoms with E-state index in [9.17, 15) is 14.4 Å². The monoisotopic (exact) mass is 368 g/mol. The maximum atomic E-state index is 12.3. The number of carbonyl (C=O) groups excluding carboxylic acids is 2. The molecule has 0 spiro atoms. The van der Waals surface area contributed by atoms with E-state index >= 15 is 0 Å². The largest absolute Gasteiger partial charge is 0.480 e. The van der Waals surface area contributed by atoms with Gasteiger partial charge in [-0.05, 0) is 24.5 Å². The third kappa shape index (κ3) is 7.32. The zero-order valence-corrected chi connectivity index (χ0v) is 15.4. The van der Waals surface area contributed by atoms with E-state index in [4.69, 9.17) is 5.11 Å². The maximum absolute atomic E-state index is 12.3. The van der Waals surface area contributed by atoms with Gasteiger partial charge in [-0.1, -0.05) is 60.2 Å². The highest BCUT2D eigenvalue weighted by molar-refractivity contribution is 5.86. The third-order valence-electron chi connectivity index (χ3n) is 4.09. The first-order chi connectivity index (χ1) is 12.9. The molecule has 0 heterocycles. The standard InChI is InChI=1S/C21H24N2O4/c1-16-7-9-17(10-8-16)11-12-19(24)22-13-20(25)23(15-21(26)27)14-18-5-3-2-4-6-18/h2-10H,11-15H2,1H3,(H,22,24)(H,26,27). The van der Waals surface area contributed by atoms with Gasteiger partial charge in [0.25, 0.3) is 0 Å². The summed E-state index contributed by atoms with van der Waals surface area (Å²) in [7, 11) is 0. The average Bonchev–Trinajstić information content (AvgIpc) is 2.65. The number of amides is 2. The van der Waals surface area contributed by atoms with Crippen LogP contribution in [0, 0.1) is 6.92 Å². The zero-order valence-electron chi connectivity index (χ0n) is 15.4. The first-order valence-electron chi connectivity index (χ1n) is 8.80. The molecule has 27 heavy (non-hydrogen) atoms. The van der Waals surface area contributed by atoms with Crippen molar-refractivity contribution in [2.24, 2.45) is 0 Å². The number of carboxylic acids is 1. The first kappa shape index (κ1) is 20.2. The topological polar surface area (TPSA) is 86.7 Å². The highest BCUT2D eigenvalue weighted by atomic mass is 16.4. The number of nitrogens with one attached hydrogen (secondary N) is 1. The molecular weight excluding hydrogens is 344 g/mol. The van der Waals surface area contributed by atoms with Crippen molar-refractivity contribution in [3.8, 4) is 0 Å². The van der Waals surface area contributed by atoms with Gasteiger partial charge in [0, 0.05) is 13.0 Å². The lowest BCUT2D eigenvalue weighted by molar-refractivity contribution is -0.144. The summed E-state index contributed by atoms with van der Waals surface area (Å²) in [5, 5.41) is 11.6. The van der Waals surface area contributed by atoms with E-state index < -0.39 is 18.4 Å². The molecule has 0 aliphatic heterocycles. The SMILES string of the molecule is Cc1ccc(CCC(=O)NCC(=O)N(CC(=O)O)Cc2ccccc2)cc1. The summed E-state index contributed by atoms with van der Waals surface area (Å²) in [4.78, 5) is 36.6. The van der Waals surface area contributed by atoms with Crippen molar-refractivity contribution in [2.45, 2.75) is 26.3 Å². The molecule has 0 aromatic heterocycles. The Balaban J connectivity index is 1.83. The van der Waals surface area contributed by atoms with Crippen LogP contribution in [0.1, 0.15) is 23.1 Å². The van der Waals surface area contributed by atoms with E-state index in [1.54, 1.807) is 0 Å². The molecule has 0 fully saturated rings. The normalized spacial score (nSPS) is 10.3. The van der Waals surface area contributed by atoms with Crippen LogP contribution < -0.4 is 5.32 Å². The second-order valence-electron chi connectivity index (χ2n) is 6.39. The Kier molecular flexibility index (Phi) is 7.55. The van der Waals surface area contributed by atoms with E-state index in [0.717, 1.165) is 16.7 Å². The second-order valence-corrected chi connectivity index (χ2v) is 6.39. The average molecular weight is 368 g/mol. The molecule has 6 heteroatoms. The molecule has 2 aromatic carbocycles. The van der Waals surface area contributed by atoms with E-state index in [1.165, 1.54) is 4.90 Å². The lowest BCUT2D eigenvalue weighted by Crippen LogP contribution is -2.42. The maximum Gasteiger partial charge on any atom is 0.323 e. The number of aryl methyl sites for hydroxylation is 2. The van der Waals surface area contributed by atoms with E-state index in [0.29, 0.717) is 6.42 Å². The summed E-state index contributed by atoms with van der Waals surface area (Å²) in [6.07, 6.45) is 0.858. The third-order valence-corrected chi connectivity index (χ3v) is 4.09.